The first-order valence-electron chi connectivity index (χ1n) is 7.15. The fraction of sp³-hybridized carbons (Fsp3) is 0.471. The first-order chi connectivity index (χ1) is 10.1. The smallest absolute Gasteiger partial charge is 0.252 e. The van der Waals surface area contributed by atoms with Gasteiger partial charge >= 0.3 is 0 Å². The molecule has 1 amide bonds. The Morgan fingerprint density at radius 3 is 3.00 bits per heavy atom. The second-order valence-electron chi connectivity index (χ2n) is 5.61. The van der Waals surface area contributed by atoms with Gasteiger partial charge in [0.2, 0.25) is 0 Å². The van der Waals surface area contributed by atoms with E-state index in [1.807, 2.05) is 26.0 Å². The number of carbonyl (C=O) groups excluding carboxylic acids is 1. The molecule has 1 atom stereocenters. The monoisotopic (exact) mass is 287 g/mol. The molecule has 1 heterocycles. The summed E-state index contributed by atoms with van der Waals surface area (Å²) in [5.41, 5.74) is 1.90. The fourth-order valence-corrected chi connectivity index (χ4v) is 2.53. The second kappa shape index (κ2) is 6.75. The fourth-order valence-electron chi connectivity index (χ4n) is 2.53. The molecule has 4 nitrogen and oxygen atoms in total. The van der Waals surface area contributed by atoms with Gasteiger partial charge in [0.1, 0.15) is 6.61 Å². The second-order valence-corrected chi connectivity index (χ2v) is 5.61. The number of ether oxygens (including phenoxy) is 1. The third kappa shape index (κ3) is 3.84. The number of aliphatic hydroxyl groups is 1. The van der Waals surface area contributed by atoms with Gasteiger partial charge in [-0.2, -0.15) is 0 Å². The molecule has 0 aliphatic carbocycles. The maximum Gasteiger partial charge on any atom is 0.252 e. The summed E-state index contributed by atoms with van der Waals surface area (Å²) in [5, 5.41) is 11.9. The molecule has 0 aromatic heterocycles. The number of aliphatic hydroxyl groups excluding tert-OH is 1. The van der Waals surface area contributed by atoms with E-state index in [1.54, 1.807) is 6.07 Å². The SMILES string of the molecule is Cc1c(C#CCO)cccc1C(=O)NC1(C)CCCOC1. The van der Waals surface area contributed by atoms with Crippen LogP contribution < -0.4 is 5.32 Å². The lowest BCUT2D eigenvalue weighted by Crippen LogP contribution is -2.51. The Morgan fingerprint density at radius 2 is 2.33 bits per heavy atom. The van der Waals surface area contributed by atoms with Crippen molar-refractivity contribution in [2.45, 2.75) is 32.2 Å². The van der Waals surface area contributed by atoms with E-state index in [0.717, 1.165) is 30.6 Å². The molecule has 0 spiro atoms. The van der Waals surface area contributed by atoms with Crippen molar-refractivity contribution in [3.05, 3.63) is 34.9 Å². The summed E-state index contributed by atoms with van der Waals surface area (Å²) in [4.78, 5) is 12.5. The van der Waals surface area contributed by atoms with Crippen molar-refractivity contribution in [1.82, 2.24) is 5.32 Å². The normalized spacial score (nSPS) is 21.3. The summed E-state index contributed by atoms with van der Waals surface area (Å²) < 4.78 is 5.46. The van der Waals surface area contributed by atoms with Crippen LogP contribution in [0.1, 0.15) is 41.3 Å². The number of amides is 1. The predicted molar refractivity (Wildman–Crippen MR) is 81.1 cm³/mol. The van der Waals surface area contributed by atoms with Crippen molar-refractivity contribution in [2.24, 2.45) is 0 Å². The first kappa shape index (κ1) is 15.6. The third-order valence-electron chi connectivity index (χ3n) is 3.73. The summed E-state index contributed by atoms with van der Waals surface area (Å²) >= 11 is 0. The van der Waals surface area contributed by atoms with Gasteiger partial charge in [-0.3, -0.25) is 4.79 Å². The molecule has 4 heteroatoms. The molecule has 2 N–H and O–H groups in total. The molecule has 1 aromatic carbocycles. The van der Waals surface area contributed by atoms with Gasteiger partial charge in [0, 0.05) is 17.7 Å². The summed E-state index contributed by atoms with van der Waals surface area (Å²) in [6, 6.07) is 5.45. The van der Waals surface area contributed by atoms with E-state index in [4.69, 9.17) is 9.84 Å². The van der Waals surface area contributed by atoms with E-state index in [-0.39, 0.29) is 18.1 Å². The topological polar surface area (TPSA) is 58.6 Å². The number of carbonyl (C=O) groups is 1. The highest BCUT2D eigenvalue weighted by molar-refractivity contribution is 5.96. The van der Waals surface area contributed by atoms with E-state index in [2.05, 4.69) is 17.2 Å². The van der Waals surface area contributed by atoms with Crippen LogP contribution in [0.2, 0.25) is 0 Å². The molecule has 1 unspecified atom stereocenters. The number of benzene rings is 1. The van der Waals surface area contributed by atoms with Crippen LogP contribution in [0, 0.1) is 18.8 Å². The highest BCUT2D eigenvalue weighted by Gasteiger charge is 2.30. The third-order valence-corrected chi connectivity index (χ3v) is 3.73. The van der Waals surface area contributed by atoms with Gasteiger partial charge in [0.15, 0.2) is 0 Å². The van der Waals surface area contributed by atoms with Crippen molar-refractivity contribution in [3.63, 3.8) is 0 Å². The zero-order valence-electron chi connectivity index (χ0n) is 12.5. The Labute approximate surface area is 125 Å². The Hall–Kier alpha value is -1.83. The van der Waals surface area contributed by atoms with E-state index in [0.29, 0.717) is 12.2 Å². The number of rotatable bonds is 2. The zero-order valence-corrected chi connectivity index (χ0v) is 12.5. The largest absolute Gasteiger partial charge is 0.384 e. The van der Waals surface area contributed by atoms with Gasteiger partial charge in [0.25, 0.3) is 5.91 Å². The molecule has 112 valence electrons. The Kier molecular flexibility index (Phi) is 5.00. The summed E-state index contributed by atoms with van der Waals surface area (Å²) in [6.07, 6.45) is 1.87. The first-order valence-corrected chi connectivity index (χ1v) is 7.15. The van der Waals surface area contributed by atoms with Crippen molar-refractivity contribution in [3.8, 4) is 11.8 Å². The minimum Gasteiger partial charge on any atom is -0.384 e. The van der Waals surface area contributed by atoms with Gasteiger partial charge in [-0.25, -0.2) is 0 Å². The Balaban J connectivity index is 2.19. The minimum atomic E-state index is -0.311. The average Bonchev–Trinajstić information content (AvgIpc) is 2.46. The quantitative estimate of drug-likeness (QED) is 0.813. The Bertz CT molecular complexity index is 577. The molecule has 0 saturated carbocycles. The van der Waals surface area contributed by atoms with Gasteiger partial charge < -0.3 is 15.2 Å². The van der Waals surface area contributed by atoms with Crippen LogP contribution in [-0.2, 0) is 4.74 Å². The standard InChI is InChI=1S/C17H21NO3/c1-13-14(7-4-10-19)6-3-8-15(13)16(20)18-17(2)9-5-11-21-12-17/h3,6,8,19H,5,9-12H2,1-2H3,(H,18,20). The molecule has 1 aromatic rings. The van der Waals surface area contributed by atoms with E-state index >= 15 is 0 Å². The molecule has 1 fully saturated rings. The minimum absolute atomic E-state index is 0.104. The highest BCUT2D eigenvalue weighted by atomic mass is 16.5. The molecular formula is C17H21NO3. The molecule has 0 radical (unpaired) electrons. The van der Waals surface area contributed by atoms with Crippen LogP contribution in [0.15, 0.2) is 18.2 Å². The van der Waals surface area contributed by atoms with Crippen LogP contribution in [0.25, 0.3) is 0 Å². The van der Waals surface area contributed by atoms with Crippen molar-refractivity contribution in [2.75, 3.05) is 19.8 Å². The van der Waals surface area contributed by atoms with Crippen molar-refractivity contribution >= 4 is 5.91 Å². The number of nitrogens with one attached hydrogen (secondary N) is 1. The lowest BCUT2D eigenvalue weighted by Gasteiger charge is -2.34. The van der Waals surface area contributed by atoms with Crippen LogP contribution in [-0.4, -0.2) is 36.4 Å². The van der Waals surface area contributed by atoms with Gasteiger partial charge in [-0.1, -0.05) is 17.9 Å². The van der Waals surface area contributed by atoms with E-state index in [9.17, 15) is 4.79 Å². The van der Waals surface area contributed by atoms with Gasteiger partial charge in [0.05, 0.1) is 12.1 Å². The molecule has 1 aliphatic heterocycles. The van der Waals surface area contributed by atoms with Crippen LogP contribution in [0.4, 0.5) is 0 Å². The molecular weight excluding hydrogens is 266 g/mol. The molecule has 21 heavy (non-hydrogen) atoms. The summed E-state index contributed by atoms with van der Waals surface area (Å²) in [7, 11) is 0. The van der Waals surface area contributed by atoms with Crippen LogP contribution in [0.3, 0.4) is 0 Å². The Morgan fingerprint density at radius 1 is 1.52 bits per heavy atom. The highest BCUT2D eigenvalue weighted by Crippen LogP contribution is 2.20. The van der Waals surface area contributed by atoms with Crippen molar-refractivity contribution < 1.29 is 14.6 Å². The lowest BCUT2D eigenvalue weighted by molar-refractivity contribution is 0.0272. The summed E-state index contributed by atoms with van der Waals surface area (Å²) in [5.74, 6) is 5.38. The maximum absolute atomic E-state index is 12.5. The molecule has 1 saturated heterocycles. The van der Waals surface area contributed by atoms with Gasteiger partial charge in [-0.15, -0.1) is 0 Å². The lowest BCUT2D eigenvalue weighted by atomic mass is 9.93. The molecule has 2 rings (SSSR count). The molecule has 1 aliphatic rings. The number of hydrogen-bond acceptors (Lipinski definition) is 3. The van der Waals surface area contributed by atoms with E-state index < -0.39 is 0 Å². The van der Waals surface area contributed by atoms with E-state index in [1.165, 1.54) is 0 Å². The molecule has 0 bridgehead atoms. The summed E-state index contributed by atoms with van der Waals surface area (Å²) in [6.45, 7) is 4.99. The van der Waals surface area contributed by atoms with Crippen LogP contribution in [0.5, 0.6) is 0 Å². The van der Waals surface area contributed by atoms with Crippen LogP contribution >= 0.6 is 0 Å². The maximum atomic E-state index is 12.5. The number of hydrogen-bond donors (Lipinski definition) is 2. The predicted octanol–water partition coefficient (Wildman–Crippen LogP) is 1.64. The average molecular weight is 287 g/mol. The van der Waals surface area contributed by atoms with Crippen molar-refractivity contribution in [1.29, 1.82) is 0 Å². The van der Waals surface area contributed by atoms with Gasteiger partial charge in [-0.05, 0) is 44.4 Å². The zero-order chi connectivity index (χ0) is 15.3.